The third-order valence-corrected chi connectivity index (χ3v) is 4.84. The van der Waals surface area contributed by atoms with Gasteiger partial charge in [0.15, 0.2) is 0 Å². The Labute approximate surface area is 154 Å². The Hall–Kier alpha value is -2.53. The van der Waals surface area contributed by atoms with Crippen LogP contribution in [-0.4, -0.2) is 38.1 Å². The minimum absolute atomic E-state index is 0.00242. The summed E-state index contributed by atoms with van der Waals surface area (Å²) in [5.74, 6) is 1.64. The number of carbonyl (C=O) groups excluding carboxylic acids is 1. The summed E-state index contributed by atoms with van der Waals surface area (Å²) in [5.41, 5.74) is 3.08. The molecule has 2 aromatic rings. The van der Waals surface area contributed by atoms with E-state index in [1.165, 1.54) is 5.56 Å². The van der Waals surface area contributed by atoms with Gasteiger partial charge in [0.05, 0.1) is 20.8 Å². The second-order valence-electron chi connectivity index (χ2n) is 6.65. The van der Waals surface area contributed by atoms with E-state index in [1.54, 1.807) is 14.2 Å². The Morgan fingerprint density at radius 3 is 2.62 bits per heavy atom. The molecule has 1 N–H and O–H groups in total. The van der Waals surface area contributed by atoms with Crippen molar-refractivity contribution in [3.63, 3.8) is 0 Å². The molecule has 0 radical (unpaired) electrons. The van der Waals surface area contributed by atoms with Crippen molar-refractivity contribution in [3.05, 3.63) is 53.6 Å². The summed E-state index contributed by atoms with van der Waals surface area (Å²) < 4.78 is 10.9. The number of anilines is 1. The molecule has 5 nitrogen and oxygen atoms in total. The first-order valence-corrected chi connectivity index (χ1v) is 8.93. The number of amides is 1. The quantitative estimate of drug-likeness (QED) is 0.857. The number of methoxy groups -OCH3 is 2. The molecule has 3 rings (SSSR count). The largest absolute Gasteiger partial charge is 0.497 e. The molecule has 138 valence electrons. The lowest BCUT2D eigenvalue weighted by molar-refractivity contribution is -0.117. The maximum absolute atomic E-state index is 12.5. The number of ether oxygens (including phenoxy) is 2. The monoisotopic (exact) mass is 354 g/mol. The van der Waals surface area contributed by atoms with Gasteiger partial charge in [-0.05, 0) is 56.6 Å². The second kappa shape index (κ2) is 8.23. The summed E-state index contributed by atoms with van der Waals surface area (Å²) in [6.45, 7) is 3.28. The van der Waals surface area contributed by atoms with Crippen LogP contribution in [0.2, 0.25) is 0 Å². The Kier molecular flexibility index (Phi) is 5.78. The Morgan fingerprint density at radius 2 is 1.92 bits per heavy atom. The fourth-order valence-corrected chi connectivity index (χ4v) is 3.49. The second-order valence-corrected chi connectivity index (χ2v) is 6.65. The average molecular weight is 354 g/mol. The van der Waals surface area contributed by atoms with Crippen LogP contribution in [0.15, 0.2) is 42.5 Å². The molecular formula is C21H26N2O3. The number of carbonyl (C=O) groups is 1. The highest BCUT2D eigenvalue weighted by Gasteiger charge is 2.30. The molecular weight excluding hydrogens is 328 g/mol. The summed E-state index contributed by atoms with van der Waals surface area (Å²) >= 11 is 0. The molecule has 5 heteroatoms. The van der Waals surface area contributed by atoms with E-state index in [2.05, 4.69) is 10.2 Å². The molecule has 1 aliphatic rings. The number of hydrogen-bond donors (Lipinski definition) is 1. The van der Waals surface area contributed by atoms with E-state index in [1.807, 2.05) is 49.4 Å². The van der Waals surface area contributed by atoms with Gasteiger partial charge in [-0.1, -0.05) is 17.7 Å². The molecule has 1 amide bonds. The van der Waals surface area contributed by atoms with Crippen LogP contribution < -0.4 is 14.8 Å². The third kappa shape index (κ3) is 4.17. The van der Waals surface area contributed by atoms with E-state index >= 15 is 0 Å². The number of likely N-dealkylation sites (tertiary alicyclic amines) is 1. The summed E-state index contributed by atoms with van der Waals surface area (Å²) in [6, 6.07) is 13.8. The maximum atomic E-state index is 12.5. The first kappa shape index (κ1) is 18.3. The molecule has 26 heavy (non-hydrogen) atoms. The van der Waals surface area contributed by atoms with Gasteiger partial charge in [-0.2, -0.15) is 0 Å². The predicted octanol–water partition coefficient (Wildman–Crippen LogP) is 3.79. The van der Waals surface area contributed by atoms with Crippen LogP contribution in [0.25, 0.3) is 0 Å². The van der Waals surface area contributed by atoms with Gasteiger partial charge in [-0.3, -0.25) is 9.69 Å². The molecule has 0 saturated carbocycles. The molecule has 1 aliphatic heterocycles. The lowest BCUT2D eigenvalue weighted by atomic mass is 10.0. The van der Waals surface area contributed by atoms with E-state index in [0.717, 1.165) is 42.1 Å². The van der Waals surface area contributed by atoms with E-state index in [4.69, 9.17) is 9.47 Å². The minimum Gasteiger partial charge on any atom is -0.497 e. The third-order valence-electron chi connectivity index (χ3n) is 4.84. The van der Waals surface area contributed by atoms with E-state index in [0.29, 0.717) is 6.54 Å². The van der Waals surface area contributed by atoms with Gasteiger partial charge in [0.25, 0.3) is 0 Å². The molecule has 1 atom stereocenters. The van der Waals surface area contributed by atoms with Gasteiger partial charge in [-0.25, -0.2) is 0 Å². The topological polar surface area (TPSA) is 50.8 Å². The van der Waals surface area contributed by atoms with Crippen LogP contribution >= 0.6 is 0 Å². The summed E-state index contributed by atoms with van der Waals surface area (Å²) in [4.78, 5) is 14.7. The molecule has 0 aliphatic carbocycles. The van der Waals surface area contributed by atoms with Crippen molar-refractivity contribution in [2.75, 3.05) is 32.6 Å². The SMILES string of the molecule is COc1ccc(OC)c(C2CCCN2CC(=O)Nc2ccc(C)cc2)c1. The van der Waals surface area contributed by atoms with Crippen LogP contribution in [0.4, 0.5) is 5.69 Å². The summed E-state index contributed by atoms with van der Waals surface area (Å²) in [5, 5.41) is 2.98. The molecule has 1 heterocycles. The van der Waals surface area contributed by atoms with Gasteiger partial charge >= 0.3 is 0 Å². The first-order valence-electron chi connectivity index (χ1n) is 8.93. The number of benzene rings is 2. The van der Waals surface area contributed by atoms with E-state index < -0.39 is 0 Å². The summed E-state index contributed by atoms with van der Waals surface area (Å²) in [6.07, 6.45) is 2.06. The van der Waals surface area contributed by atoms with Crippen molar-refractivity contribution >= 4 is 11.6 Å². The normalized spacial score (nSPS) is 17.1. The number of nitrogens with one attached hydrogen (secondary N) is 1. The summed E-state index contributed by atoms with van der Waals surface area (Å²) in [7, 11) is 3.34. The predicted molar refractivity (Wildman–Crippen MR) is 103 cm³/mol. The van der Waals surface area contributed by atoms with Crippen LogP contribution in [0.5, 0.6) is 11.5 Å². The van der Waals surface area contributed by atoms with Crippen molar-refractivity contribution < 1.29 is 14.3 Å². The van der Waals surface area contributed by atoms with Crippen molar-refractivity contribution in [1.29, 1.82) is 0 Å². The molecule has 1 unspecified atom stereocenters. The van der Waals surface area contributed by atoms with Crippen LogP contribution in [-0.2, 0) is 4.79 Å². The number of rotatable bonds is 6. The Bertz CT molecular complexity index is 758. The zero-order valence-electron chi connectivity index (χ0n) is 15.6. The van der Waals surface area contributed by atoms with Crippen LogP contribution in [0.1, 0.15) is 30.0 Å². The van der Waals surface area contributed by atoms with Gasteiger partial charge in [0.2, 0.25) is 5.91 Å². The zero-order valence-corrected chi connectivity index (χ0v) is 15.6. The van der Waals surface area contributed by atoms with Crippen LogP contribution in [0.3, 0.4) is 0 Å². The van der Waals surface area contributed by atoms with E-state index in [-0.39, 0.29) is 11.9 Å². The van der Waals surface area contributed by atoms with Crippen molar-refractivity contribution in [2.45, 2.75) is 25.8 Å². The molecule has 1 fully saturated rings. The highest BCUT2D eigenvalue weighted by Crippen LogP contribution is 2.38. The molecule has 1 saturated heterocycles. The van der Waals surface area contributed by atoms with Gasteiger partial charge < -0.3 is 14.8 Å². The lowest BCUT2D eigenvalue weighted by Gasteiger charge is -2.26. The van der Waals surface area contributed by atoms with E-state index in [9.17, 15) is 4.79 Å². The van der Waals surface area contributed by atoms with Crippen LogP contribution in [0, 0.1) is 6.92 Å². The number of aryl methyl sites for hydroxylation is 1. The number of nitrogens with zero attached hydrogens (tertiary/aromatic N) is 1. The molecule has 0 spiro atoms. The Morgan fingerprint density at radius 1 is 1.15 bits per heavy atom. The molecule has 0 aromatic heterocycles. The van der Waals surface area contributed by atoms with Gasteiger partial charge in [-0.15, -0.1) is 0 Å². The lowest BCUT2D eigenvalue weighted by Crippen LogP contribution is -2.33. The fourth-order valence-electron chi connectivity index (χ4n) is 3.49. The minimum atomic E-state index is 0.00242. The Balaban J connectivity index is 1.72. The highest BCUT2D eigenvalue weighted by atomic mass is 16.5. The molecule has 0 bridgehead atoms. The highest BCUT2D eigenvalue weighted by molar-refractivity contribution is 5.92. The van der Waals surface area contributed by atoms with Gasteiger partial charge in [0, 0.05) is 17.3 Å². The fraction of sp³-hybridized carbons (Fsp3) is 0.381. The standard InChI is InChI=1S/C21H26N2O3/c1-15-6-8-16(9-7-15)22-21(24)14-23-12-4-5-19(23)18-13-17(25-2)10-11-20(18)26-3/h6-11,13,19H,4-5,12,14H2,1-3H3,(H,22,24). The van der Waals surface area contributed by atoms with Crippen molar-refractivity contribution in [1.82, 2.24) is 4.90 Å². The maximum Gasteiger partial charge on any atom is 0.238 e. The van der Waals surface area contributed by atoms with Crippen molar-refractivity contribution in [2.24, 2.45) is 0 Å². The van der Waals surface area contributed by atoms with Crippen molar-refractivity contribution in [3.8, 4) is 11.5 Å². The smallest absolute Gasteiger partial charge is 0.238 e. The zero-order chi connectivity index (χ0) is 18.5. The first-order chi connectivity index (χ1) is 12.6. The number of hydrogen-bond acceptors (Lipinski definition) is 4. The molecule has 2 aromatic carbocycles. The average Bonchev–Trinajstić information content (AvgIpc) is 3.10. The van der Waals surface area contributed by atoms with Gasteiger partial charge in [0.1, 0.15) is 11.5 Å².